The Balaban J connectivity index is 0.00000104. The number of pyridine rings is 2. The minimum atomic E-state index is -2.17. The van der Waals surface area contributed by atoms with Gasteiger partial charge in [0.25, 0.3) is 11.5 Å². The molecule has 1 aliphatic rings. The van der Waals surface area contributed by atoms with Gasteiger partial charge >= 0.3 is 11.7 Å². The first kappa shape index (κ1) is 43.8. The van der Waals surface area contributed by atoms with E-state index in [2.05, 4.69) is 20.3 Å². The lowest BCUT2D eigenvalue weighted by Gasteiger charge is -2.29. The Hall–Kier alpha value is -6.36. The molecule has 2 aromatic carbocycles. The first-order chi connectivity index (χ1) is 28.3. The van der Waals surface area contributed by atoms with Crippen LogP contribution in [0.2, 0.25) is 0 Å². The van der Waals surface area contributed by atoms with Crippen molar-refractivity contribution in [3.63, 3.8) is 0 Å². The predicted octanol–water partition coefficient (Wildman–Crippen LogP) is 5.30. The third kappa shape index (κ3) is 10.0. The van der Waals surface area contributed by atoms with Gasteiger partial charge in [-0.25, -0.2) is 32.3 Å². The van der Waals surface area contributed by atoms with E-state index in [0.717, 1.165) is 17.3 Å². The summed E-state index contributed by atoms with van der Waals surface area (Å²) in [6.07, 6.45) is 5.64. The average Bonchev–Trinajstić information content (AvgIpc) is 3.64. The smallest absolute Gasteiger partial charge is 0.335 e. The second-order valence-electron chi connectivity index (χ2n) is 13.3. The van der Waals surface area contributed by atoms with Gasteiger partial charge in [0.05, 0.1) is 53.6 Å². The van der Waals surface area contributed by atoms with E-state index in [9.17, 15) is 28.0 Å². The van der Waals surface area contributed by atoms with Crippen LogP contribution >= 0.6 is 0 Å². The van der Waals surface area contributed by atoms with Crippen LogP contribution in [-0.2, 0) is 34.3 Å². The number of amides is 1. The van der Waals surface area contributed by atoms with E-state index >= 15 is 4.39 Å². The van der Waals surface area contributed by atoms with Crippen LogP contribution in [0.3, 0.4) is 0 Å². The molecule has 17 heteroatoms. The fourth-order valence-electron chi connectivity index (χ4n) is 6.73. The summed E-state index contributed by atoms with van der Waals surface area (Å²) in [6, 6.07) is 10.1. The highest BCUT2D eigenvalue weighted by atomic mass is 19.3. The van der Waals surface area contributed by atoms with Crippen LogP contribution < -0.4 is 21.5 Å². The highest BCUT2D eigenvalue weighted by Gasteiger charge is 2.28. The van der Waals surface area contributed by atoms with Crippen molar-refractivity contribution >= 4 is 39.4 Å². The van der Waals surface area contributed by atoms with E-state index in [4.69, 9.17) is 9.47 Å². The summed E-state index contributed by atoms with van der Waals surface area (Å²) in [6.45, 7) is 10.9. The summed E-state index contributed by atoms with van der Waals surface area (Å²) in [5.41, 5.74) is 1.26. The van der Waals surface area contributed by atoms with Crippen molar-refractivity contribution in [1.82, 2.24) is 34.0 Å². The zero-order valence-electron chi connectivity index (χ0n) is 33.7. The number of carbonyl (C=O) groups excluding carboxylic acids is 2. The van der Waals surface area contributed by atoms with E-state index in [1.54, 1.807) is 62.8 Å². The number of imidazole rings is 1. The summed E-state index contributed by atoms with van der Waals surface area (Å²) in [7, 11) is 1.56. The van der Waals surface area contributed by atoms with Gasteiger partial charge in [0.1, 0.15) is 24.3 Å². The molecule has 4 aromatic heterocycles. The maximum absolute atomic E-state index is 15.7. The molecule has 59 heavy (non-hydrogen) atoms. The summed E-state index contributed by atoms with van der Waals surface area (Å²) in [4.78, 5) is 69.5. The molecule has 5 heterocycles. The molecule has 1 saturated heterocycles. The first-order valence-corrected chi connectivity index (χ1v) is 19.1. The summed E-state index contributed by atoms with van der Waals surface area (Å²) >= 11 is 0. The summed E-state index contributed by atoms with van der Waals surface area (Å²) < 4.78 is 51.7. The molecule has 1 amide bonds. The SMILES string of the molecule is CC.CC(F)F.Cc1cc(N2CCOCC2)cc(F)c1C(=O)N[C@@H](Cc1ccc(-n2c(=O)c3ccncc3n(C)c2=O)c2ncccc12)C(=O)OCCn1ccnc1C. The molecule has 0 radical (unpaired) electrons. The number of benzene rings is 2. The highest BCUT2D eigenvalue weighted by Crippen LogP contribution is 2.26. The number of nitrogens with zero attached hydrogens (tertiary/aromatic N) is 7. The number of fused-ring (bicyclic) bond motifs is 2. The second-order valence-corrected chi connectivity index (χ2v) is 13.3. The number of carbonyl (C=O) groups is 2. The van der Waals surface area contributed by atoms with E-state index in [0.29, 0.717) is 71.5 Å². The van der Waals surface area contributed by atoms with Crippen LogP contribution in [0.1, 0.15) is 48.1 Å². The van der Waals surface area contributed by atoms with Gasteiger partial charge in [-0.3, -0.25) is 24.1 Å². The first-order valence-electron chi connectivity index (χ1n) is 19.1. The number of esters is 1. The molecular formula is C42H47F3N8O6. The Bertz CT molecular complexity index is 2520. The van der Waals surface area contributed by atoms with Gasteiger partial charge in [-0.15, -0.1) is 0 Å². The standard InChI is InChI=1S/C38H37FN8O6.C2H4F2.C2H6/c1-23-19-26(46-13-16-52-17-14-46)21-29(39)33(23)35(48)43-30(37(50)53-18-15-45-12-11-41-24(45)2)20-25-6-7-31(34-27(25)5-4-9-42-34)47-36(49)28-8-10-40-22-32(28)44(3)38(47)51;1-2(3)4;1-2/h4-12,19,21-22,30H,13-18,20H2,1-3H3,(H,43,48);2H,1H3;1-2H3/t30-;;/m0../s1. The zero-order valence-corrected chi connectivity index (χ0v) is 33.7. The number of aromatic nitrogens is 6. The predicted molar refractivity (Wildman–Crippen MR) is 218 cm³/mol. The third-order valence-corrected chi connectivity index (χ3v) is 9.54. The summed E-state index contributed by atoms with van der Waals surface area (Å²) in [5, 5.41) is 3.57. The largest absolute Gasteiger partial charge is 0.462 e. The fourth-order valence-corrected chi connectivity index (χ4v) is 6.73. The number of hydrogen-bond acceptors (Lipinski definition) is 10. The zero-order chi connectivity index (χ0) is 42.8. The number of rotatable bonds is 10. The van der Waals surface area contributed by atoms with Crippen molar-refractivity contribution < 1.29 is 32.2 Å². The molecule has 0 spiro atoms. The number of ether oxygens (including phenoxy) is 2. The average molecular weight is 817 g/mol. The van der Waals surface area contributed by atoms with Crippen LogP contribution in [-0.4, -0.2) is 85.9 Å². The molecule has 1 aliphatic heterocycles. The maximum atomic E-state index is 15.7. The Morgan fingerprint density at radius 3 is 2.39 bits per heavy atom. The van der Waals surface area contributed by atoms with Crippen LogP contribution in [0.15, 0.2) is 83.0 Å². The number of anilines is 1. The van der Waals surface area contributed by atoms with Crippen LogP contribution in [0.4, 0.5) is 18.9 Å². The number of morpholine rings is 1. The van der Waals surface area contributed by atoms with Crippen LogP contribution in [0, 0.1) is 19.7 Å². The minimum absolute atomic E-state index is 0.00499. The number of hydrogen-bond donors (Lipinski definition) is 1. The maximum Gasteiger partial charge on any atom is 0.335 e. The molecule has 0 saturated carbocycles. The van der Waals surface area contributed by atoms with Crippen molar-refractivity contribution in [2.45, 2.75) is 60.1 Å². The Labute approximate surface area is 338 Å². The van der Waals surface area contributed by atoms with E-state index in [-0.39, 0.29) is 24.3 Å². The normalized spacial score (nSPS) is 13.0. The Morgan fingerprint density at radius 1 is 0.983 bits per heavy atom. The molecular weight excluding hydrogens is 770 g/mol. The molecule has 0 bridgehead atoms. The van der Waals surface area contributed by atoms with E-state index in [1.807, 2.05) is 30.2 Å². The van der Waals surface area contributed by atoms with E-state index in [1.165, 1.54) is 29.2 Å². The minimum Gasteiger partial charge on any atom is -0.462 e. The van der Waals surface area contributed by atoms with Crippen LogP contribution in [0.5, 0.6) is 0 Å². The van der Waals surface area contributed by atoms with Gasteiger partial charge in [-0.05, 0) is 62.2 Å². The number of halogens is 3. The van der Waals surface area contributed by atoms with Crippen LogP contribution in [0.25, 0.3) is 27.5 Å². The molecule has 7 rings (SSSR count). The fraction of sp³-hybridized carbons (Fsp3) is 0.357. The lowest BCUT2D eigenvalue weighted by Crippen LogP contribution is -2.44. The molecule has 0 unspecified atom stereocenters. The summed E-state index contributed by atoms with van der Waals surface area (Å²) in [5.74, 6) is -1.48. The van der Waals surface area contributed by atoms with Gasteiger partial charge in [0.15, 0.2) is 0 Å². The molecule has 1 atom stereocenters. The van der Waals surface area contributed by atoms with Crippen molar-refractivity contribution in [3.8, 4) is 5.69 Å². The van der Waals surface area contributed by atoms with Gasteiger partial charge in [-0.2, -0.15) is 0 Å². The van der Waals surface area contributed by atoms with E-state index < -0.39 is 41.4 Å². The number of nitrogens with one attached hydrogen (secondary N) is 1. The number of alkyl halides is 2. The highest BCUT2D eigenvalue weighted by molar-refractivity contribution is 5.99. The van der Waals surface area contributed by atoms with Gasteiger partial charge in [-0.1, -0.05) is 26.0 Å². The van der Waals surface area contributed by atoms with Crippen molar-refractivity contribution in [1.29, 1.82) is 0 Å². The quantitative estimate of drug-likeness (QED) is 0.180. The molecule has 0 aliphatic carbocycles. The molecule has 312 valence electrons. The lowest BCUT2D eigenvalue weighted by molar-refractivity contribution is -0.146. The topological polar surface area (TPSA) is 155 Å². The van der Waals surface area contributed by atoms with Gasteiger partial charge in [0, 0.05) is 62.4 Å². The molecule has 1 fully saturated rings. The van der Waals surface area contributed by atoms with Crippen molar-refractivity contribution in [3.05, 3.63) is 123 Å². The number of aryl methyl sites for hydroxylation is 3. The van der Waals surface area contributed by atoms with Crippen molar-refractivity contribution in [2.75, 3.05) is 37.8 Å². The molecule has 1 N–H and O–H groups in total. The monoisotopic (exact) mass is 816 g/mol. The molecule has 6 aromatic rings. The second kappa shape index (κ2) is 19.9. The Morgan fingerprint density at radius 2 is 1.71 bits per heavy atom. The Kier molecular flexibility index (Phi) is 14.7. The lowest BCUT2D eigenvalue weighted by atomic mass is 9.99. The molecule has 14 nitrogen and oxygen atoms in total. The third-order valence-electron chi connectivity index (χ3n) is 9.54. The van der Waals surface area contributed by atoms with Gasteiger partial charge in [0.2, 0.25) is 6.43 Å². The van der Waals surface area contributed by atoms with Crippen molar-refractivity contribution in [2.24, 2.45) is 7.05 Å². The van der Waals surface area contributed by atoms with Gasteiger partial charge < -0.3 is 24.3 Å².